The summed E-state index contributed by atoms with van der Waals surface area (Å²) in [5.74, 6) is -0.527. The predicted octanol–water partition coefficient (Wildman–Crippen LogP) is 5.81. The van der Waals surface area contributed by atoms with Gasteiger partial charge in [-0.15, -0.1) is 0 Å². The van der Waals surface area contributed by atoms with E-state index in [0.29, 0.717) is 12.1 Å². The highest BCUT2D eigenvalue weighted by Gasteiger charge is 2.41. The van der Waals surface area contributed by atoms with Crippen molar-refractivity contribution in [2.75, 3.05) is 0 Å². The average Bonchev–Trinajstić information content (AvgIpc) is 2.95. The van der Waals surface area contributed by atoms with Crippen LogP contribution in [0.4, 0.5) is 0 Å². The summed E-state index contributed by atoms with van der Waals surface area (Å²) < 4.78 is 0.908. The van der Waals surface area contributed by atoms with Crippen molar-refractivity contribution in [3.63, 3.8) is 0 Å². The molecule has 0 fully saturated rings. The number of carbonyl (C=O) groups excluding carboxylic acids is 1. The van der Waals surface area contributed by atoms with Crippen LogP contribution < -0.4 is 0 Å². The van der Waals surface area contributed by atoms with E-state index in [0.717, 1.165) is 26.7 Å². The maximum absolute atomic E-state index is 13.1. The third-order valence-corrected chi connectivity index (χ3v) is 5.78. The summed E-state index contributed by atoms with van der Waals surface area (Å²) in [4.78, 5) is 14.8. The van der Waals surface area contributed by atoms with Gasteiger partial charge in [0.2, 0.25) is 0 Å². The molecule has 4 rings (SSSR count). The van der Waals surface area contributed by atoms with Crippen molar-refractivity contribution in [3.8, 4) is 0 Å². The maximum Gasteiger partial charge on any atom is 0.290 e. The molecule has 1 amide bonds. The molecule has 140 valence electrons. The van der Waals surface area contributed by atoms with E-state index in [1.54, 1.807) is 4.90 Å². The van der Waals surface area contributed by atoms with E-state index in [1.165, 1.54) is 0 Å². The van der Waals surface area contributed by atoms with E-state index < -0.39 is 0 Å². The van der Waals surface area contributed by atoms with Crippen LogP contribution in [0.15, 0.2) is 89.1 Å². The summed E-state index contributed by atoms with van der Waals surface area (Å²) in [7, 11) is 0. The summed E-state index contributed by atoms with van der Waals surface area (Å²) in [6, 6.07) is 25.2. The molecule has 3 aromatic carbocycles. The van der Waals surface area contributed by atoms with E-state index in [1.807, 2.05) is 85.8 Å². The number of carbonyl (C=O) groups is 1. The van der Waals surface area contributed by atoms with Crippen molar-refractivity contribution < 1.29 is 9.90 Å². The first-order valence-corrected chi connectivity index (χ1v) is 9.95. The second kappa shape index (κ2) is 7.64. The van der Waals surface area contributed by atoms with Gasteiger partial charge in [-0.05, 0) is 29.7 Å². The number of hydrogen-bond donors (Lipinski definition) is 1. The lowest BCUT2D eigenvalue weighted by atomic mass is 9.93. The fourth-order valence-electron chi connectivity index (χ4n) is 3.64. The maximum atomic E-state index is 13.1. The first kappa shape index (κ1) is 18.5. The molecule has 0 saturated heterocycles. The lowest BCUT2D eigenvalue weighted by molar-refractivity contribution is -0.130. The van der Waals surface area contributed by atoms with E-state index in [4.69, 9.17) is 0 Å². The Labute approximate surface area is 173 Å². The minimum Gasteiger partial charge on any atom is -0.503 e. The zero-order chi connectivity index (χ0) is 19.7. The average molecular weight is 434 g/mol. The van der Waals surface area contributed by atoms with Crippen LogP contribution in [0.2, 0.25) is 0 Å². The Kier molecular flexibility index (Phi) is 5.05. The van der Waals surface area contributed by atoms with Crippen molar-refractivity contribution in [2.24, 2.45) is 0 Å². The largest absolute Gasteiger partial charge is 0.503 e. The molecule has 3 nitrogen and oxygen atoms in total. The minimum absolute atomic E-state index is 0.180. The summed E-state index contributed by atoms with van der Waals surface area (Å²) in [5.41, 5.74) is 4.60. The van der Waals surface area contributed by atoms with Crippen molar-refractivity contribution in [3.05, 3.63) is 111 Å². The first-order valence-electron chi connectivity index (χ1n) is 9.16. The zero-order valence-corrected chi connectivity index (χ0v) is 17.1. The van der Waals surface area contributed by atoms with Gasteiger partial charge in [0.25, 0.3) is 5.91 Å². The molecule has 3 aromatic rings. The van der Waals surface area contributed by atoms with Gasteiger partial charge in [0, 0.05) is 16.6 Å². The molecule has 4 heteroatoms. The minimum atomic E-state index is -0.369. The highest BCUT2D eigenvalue weighted by Crippen LogP contribution is 2.45. The van der Waals surface area contributed by atoms with Gasteiger partial charge in [0.15, 0.2) is 5.76 Å². The molecule has 0 aliphatic carbocycles. The number of rotatable bonds is 4. The van der Waals surface area contributed by atoms with Gasteiger partial charge in [-0.3, -0.25) is 4.79 Å². The van der Waals surface area contributed by atoms with E-state index in [9.17, 15) is 9.90 Å². The van der Waals surface area contributed by atoms with Gasteiger partial charge >= 0.3 is 0 Å². The lowest BCUT2D eigenvalue weighted by Crippen LogP contribution is -2.30. The summed E-state index contributed by atoms with van der Waals surface area (Å²) in [6.45, 7) is 2.44. The molecule has 0 aromatic heterocycles. The standard InChI is InChI=1S/C24H20BrNO2/c1-16-11-13-18(14-12-16)21-22(19-9-5-6-10-20(19)25)26(24(28)23(21)27)15-17-7-3-2-4-8-17/h2-14,22,27H,15H2,1H3/t22-/m0/s1. The van der Waals surface area contributed by atoms with Crippen LogP contribution in [0.1, 0.15) is 28.3 Å². The van der Waals surface area contributed by atoms with Crippen LogP contribution >= 0.6 is 15.9 Å². The van der Waals surface area contributed by atoms with Gasteiger partial charge in [-0.2, -0.15) is 0 Å². The number of hydrogen-bond acceptors (Lipinski definition) is 2. The summed E-state index contributed by atoms with van der Waals surface area (Å²) in [5, 5.41) is 10.8. The summed E-state index contributed by atoms with van der Waals surface area (Å²) >= 11 is 3.63. The zero-order valence-electron chi connectivity index (χ0n) is 15.5. The van der Waals surface area contributed by atoms with Gasteiger partial charge < -0.3 is 10.0 Å². The Morgan fingerprint density at radius 1 is 0.929 bits per heavy atom. The van der Waals surface area contributed by atoms with E-state index in [-0.39, 0.29) is 17.7 Å². The van der Waals surface area contributed by atoms with Gasteiger partial charge in [-0.25, -0.2) is 0 Å². The third kappa shape index (κ3) is 3.36. The number of aliphatic hydroxyl groups is 1. The van der Waals surface area contributed by atoms with Crippen LogP contribution in [-0.2, 0) is 11.3 Å². The Morgan fingerprint density at radius 2 is 1.57 bits per heavy atom. The third-order valence-electron chi connectivity index (χ3n) is 5.06. The molecule has 0 bridgehead atoms. The molecular weight excluding hydrogens is 414 g/mol. The molecule has 0 unspecified atom stereocenters. The summed E-state index contributed by atoms with van der Waals surface area (Å²) in [6.07, 6.45) is 0. The molecule has 0 saturated carbocycles. The molecule has 1 heterocycles. The SMILES string of the molecule is Cc1ccc(C2=C(O)C(=O)N(Cc3ccccc3)[C@H]2c2ccccc2Br)cc1. The molecule has 0 spiro atoms. The smallest absolute Gasteiger partial charge is 0.290 e. The van der Waals surface area contributed by atoms with Crippen molar-refractivity contribution >= 4 is 27.4 Å². The normalized spacial score (nSPS) is 16.7. The Morgan fingerprint density at radius 3 is 2.25 bits per heavy atom. The highest BCUT2D eigenvalue weighted by molar-refractivity contribution is 9.10. The second-order valence-corrected chi connectivity index (χ2v) is 7.83. The second-order valence-electron chi connectivity index (χ2n) is 6.97. The van der Waals surface area contributed by atoms with E-state index >= 15 is 0 Å². The predicted molar refractivity (Wildman–Crippen MR) is 115 cm³/mol. The molecular formula is C24H20BrNO2. The van der Waals surface area contributed by atoms with Crippen LogP contribution in [0.5, 0.6) is 0 Å². The molecule has 1 N–H and O–H groups in total. The number of amides is 1. The Bertz CT molecular complexity index is 1040. The lowest BCUT2D eigenvalue weighted by Gasteiger charge is -2.28. The van der Waals surface area contributed by atoms with Gasteiger partial charge in [0.05, 0.1) is 6.04 Å². The van der Waals surface area contributed by atoms with Crippen LogP contribution in [-0.4, -0.2) is 15.9 Å². The molecule has 1 aliphatic heterocycles. The quantitative estimate of drug-likeness (QED) is 0.563. The highest BCUT2D eigenvalue weighted by atomic mass is 79.9. The van der Waals surface area contributed by atoms with Crippen molar-refractivity contribution in [1.82, 2.24) is 4.90 Å². The monoisotopic (exact) mass is 433 g/mol. The van der Waals surface area contributed by atoms with Crippen molar-refractivity contribution in [2.45, 2.75) is 19.5 Å². The molecule has 0 radical (unpaired) electrons. The topological polar surface area (TPSA) is 40.5 Å². The first-order chi connectivity index (χ1) is 13.6. The molecule has 1 atom stereocenters. The van der Waals surface area contributed by atoms with Crippen LogP contribution in [0.25, 0.3) is 5.57 Å². The Balaban J connectivity index is 1.84. The fraction of sp³-hybridized carbons (Fsp3) is 0.125. The molecule has 28 heavy (non-hydrogen) atoms. The van der Waals surface area contributed by atoms with Crippen molar-refractivity contribution in [1.29, 1.82) is 0 Å². The number of aliphatic hydroxyl groups excluding tert-OH is 1. The number of benzene rings is 3. The van der Waals surface area contributed by atoms with E-state index in [2.05, 4.69) is 15.9 Å². The number of halogens is 1. The molecule has 1 aliphatic rings. The number of aryl methyl sites for hydroxylation is 1. The fourth-order valence-corrected chi connectivity index (χ4v) is 4.15. The van der Waals surface area contributed by atoms with Gasteiger partial charge in [-0.1, -0.05) is 94.3 Å². The van der Waals surface area contributed by atoms with Crippen LogP contribution in [0, 0.1) is 6.92 Å². The Hall–Kier alpha value is -2.85. The van der Waals surface area contributed by atoms with Gasteiger partial charge in [0.1, 0.15) is 0 Å². The number of nitrogens with zero attached hydrogens (tertiary/aromatic N) is 1. The van der Waals surface area contributed by atoms with Crippen LogP contribution in [0.3, 0.4) is 0 Å².